The number of imidazole rings is 2. The average Bonchev–Trinajstić information content (AvgIpc) is 4.07. The van der Waals surface area contributed by atoms with Crippen LogP contribution in [0.4, 0.5) is 9.59 Å². The van der Waals surface area contributed by atoms with E-state index in [4.69, 9.17) is 28.9 Å². The number of ether oxygens (including phenoxy) is 4. The molecule has 3 aliphatic rings. The number of carbonyl (C=O) groups is 4. The number of aromatic amines is 2. The van der Waals surface area contributed by atoms with Crippen molar-refractivity contribution in [1.29, 1.82) is 0 Å². The summed E-state index contributed by atoms with van der Waals surface area (Å²) < 4.78 is 21.3. The minimum atomic E-state index is -0.747. The molecule has 5 atom stereocenters. The Morgan fingerprint density at radius 3 is 2.12 bits per heavy atom. The van der Waals surface area contributed by atoms with Crippen LogP contribution in [0.3, 0.4) is 0 Å². The molecule has 16 nitrogen and oxygen atoms in total. The zero-order chi connectivity index (χ0) is 42.0. The van der Waals surface area contributed by atoms with Crippen molar-refractivity contribution in [3.63, 3.8) is 0 Å². The fourth-order valence-corrected chi connectivity index (χ4v) is 8.43. The molecule has 4 amide bonds. The van der Waals surface area contributed by atoms with E-state index < -0.39 is 24.3 Å². The van der Waals surface area contributed by atoms with Gasteiger partial charge in [-0.15, -0.1) is 0 Å². The van der Waals surface area contributed by atoms with Crippen LogP contribution in [0, 0.1) is 17.8 Å². The zero-order valence-electron chi connectivity index (χ0n) is 34.7. The highest BCUT2D eigenvalue weighted by molar-refractivity contribution is 5.87. The van der Waals surface area contributed by atoms with Gasteiger partial charge in [0.2, 0.25) is 11.8 Å². The van der Waals surface area contributed by atoms with Crippen molar-refractivity contribution in [3.05, 3.63) is 66.0 Å². The van der Waals surface area contributed by atoms with Crippen LogP contribution in [0.25, 0.3) is 33.6 Å². The normalized spacial score (nSPS) is 19.5. The van der Waals surface area contributed by atoms with Gasteiger partial charge in [0.15, 0.2) is 0 Å². The molecular weight excluding hydrogens is 757 g/mol. The van der Waals surface area contributed by atoms with Gasteiger partial charge in [-0.2, -0.15) is 0 Å². The van der Waals surface area contributed by atoms with Gasteiger partial charge in [0, 0.05) is 31.7 Å². The molecule has 0 saturated carbocycles. The smallest absolute Gasteiger partial charge is 0.407 e. The number of fused-ring (bicyclic) bond motifs is 3. The Hall–Kier alpha value is -5.90. The molecule has 2 aromatic carbocycles. The summed E-state index contributed by atoms with van der Waals surface area (Å²) in [5, 5.41) is 5.41. The Morgan fingerprint density at radius 1 is 0.831 bits per heavy atom. The Balaban J connectivity index is 1.06. The molecular formula is C43H54N8O8. The van der Waals surface area contributed by atoms with Gasteiger partial charge in [-0.1, -0.05) is 58.0 Å². The Kier molecular flexibility index (Phi) is 12.3. The molecule has 0 bridgehead atoms. The van der Waals surface area contributed by atoms with Gasteiger partial charge in [0.25, 0.3) is 0 Å². The van der Waals surface area contributed by atoms with Gasteiger partial charge < -0.3 is 49.3 Å². The van der Waals surface area contributed by atoms with E-state index in [-0.39, 0.29) is 41.7 Å². The lowest BCUT2D eigenvalue weighted by Gasteiger charge is -2.30. The maximum absolute atomic E-state index is 13.9. The lowest BCUT2D eigenvalue weighted by atomic mass is 9.99. The molecule has 7 rings (SSSR count). The van der Waals surface area contributed by atoms with Crippen molar-refractivity contribution in [3.8, 4) is 39.4 Å². The Morgan fingerprint density at radius 2 is 1.47 bits per heavy atom. The minimum absolute atomic E-state index is 0.115. The SMILES string of the molecule is COC[C@H]1C[C@@H](c2ncc(-c3ccc(-c4ccc5c(c4)OCc4[nH]c([C@@H]6CCCN6C(=O)[C@@H](NC(=O)OC)C(C)C)nc4-5)cc3)[nH]2)N(C(=O)[C@@H](NC(=O)OC)C(C)C)C1. The number of nitrogens with one attached hydrogen (secondary N) is 4. The van der Waals surface area contributed by atoms with Gasteiger partial charge in [0.05, 0.1) is 56.2 Å². The largest absolute Gasteiger partial charge is 0.487 e. The van der Waals surface area contributed by atoms with Crippen molar-refractivity contribution in [2.24, 2.45) is 17.8 Å². The van der Waals surface area contributed by atoms with Crippen LogP contribution in [-0.2, 0) is 30.4 Å². The summed E-state index contributed by atoms with van der Waals surface area (Å²) in [6.07, 6.45) is 2.76. The first kappa shape index (κ1) is 41.3. The molecule has 0 unspecified atom stereocenters. The first-order valence-electron chi connectivity index (χ1n) is 20.2. The van der Waals surface area contributed by atoms with Gasteiger partial charge in [-0.3, -0.25) is 9.59 Å². The summed E-state index contributed by atoms with van der Waals surface area (Å²) in [5.74, 6) is 1.60. The number of H-pyrrole nitrogens is 2. The predicted octanol–water partition coefficient (Wildman–Crippen LogP) is 5.99. The van der Waals surface area contributed by atoms with Crippen molar-refractivity contribution in [2.45, 2.75) is 77.7 Å². The number of likely N-dealkylation sites (tertiary alicyclic amines) is 2. The number of hydrogen-bond donors (Lipinski definition) is 4. The number of benzene rings is 2. The van der Waals surface area contributed by atoms with E-state index in [1.54, 1.807) is 18.2 Å². The molecule has 2 saturated heterocycles. The Labute approximate surface area is 343 Å². The summed E-state index contributed by atoms with van der Waals surface area (Å²) in [6, 6.07) is 12.2. The second kappa shape index (κ2) is 17.5. The van der Waals surface area contributed by atoms with Gasteiger partial charge in [-0.05, 0) is 59.9 Å². The number of rotatable bonds is 12. The molecule has 59 heavy (non-hydrogen) atoms. The molecule has 5 heterocycles. The molecule has 314 valence electrons. The van der Waals surface area contributed by atoms with Gasteiger partial charge >= 0.3 is 12.2 Å². The fourth-order valence-electron chi connectivity index (χ4n) is 8.43. The van der Waals surface area contributed by atoms with E-state index in [1.807, 2.05) is 62.9 Å². The van der Waals surface area contributed by atoms with Gasteiger partial charge in [-0.25, -0.2) is 19.6 Å². The van der Waals surface area contributed by atoms with Crippen LogP contribution in [0.5, 0.6) is 5.75 Å². The number of amides is 4. The second-order valence-corrected chi connectivity index (χ2v) is 16.2. The number of hydrogen-bond acceptors (Lipinski definition) is 10. The van der Waals surface area contributed by atoms with E-state index in [0.717, 1.165) is 57.9 Å². The Bertz CT molecular complexity index is 2160. The molecule has 0 aliphatic carbocycles. The van der Waals surface area contributed by atoms with Crippen molar-refractivity contribution in [1.82, 2.24) is 40.4 Å². The minimum Gasteiger partial charge on any atom is -0.487 e. The van der Waals surface area contributed by atoms with E-state index in [0.29, 0.717) is 44.4 Å². The average molecular weight is 811 g/mol. The molecule has 3 aliphatic heterocycles. The van der Waals surface area contributed by atoms with Crippen LogP contribution < -0.4 is 15.4 Å². The number of methoxy groups -OCH3 is 3. The maximum atomic E-state index is 13.9. The van der Waals surface area contributed by atoms with Crippen molar-refractivity contribution in [2.75, 3.05) is 41.0 Å². The standard InChI is InChI=1S/C43H54N8O8/c1-23(2)35(48-42(54)57-6)40(52)50-16-8-9-32(50)39-46-31-22-59-34-18-28(14-15-29(34)37(31)47-39)26-10-12-27(13-11-26)30-19-44-38(45-30)33-17-25(21-56-5)20-51(33)41(53)36(24(3)4)49-43(55)58-7/h10-15,18-19,23-25,32-33,35-36H,8-9,16-17,20-22H2,1-7H3,(H,44,45)(H,46,47)(H,48,54)(H,49,55)/t25-,32-,33-,35-,36-/m0/s1. The van der Waals surface area contributed by atoms with Crippen molar-refractivity contribution < 1.29 is 38.1 Å². The first-order valence-corrected chi connectivity index (χ1v) is 20.2. The number of alkyl carbamates (subject to hydrolysis) is 2. The third-order valence-electron chi connectivity index (χ3n) is 11.6. The third kappa shape index (κ3) is 8.49. The molecule has 2 aromatic heterocycles. The van der Waals surface area contributed by atoms with Crippen LogP contribution in [-0.4, -0.2) is 107 Å². The third-order valence-corrected chi connectivity index (χ3v) is 11.6. The van der Waals surface area contributed by atoms with E-state index in [1.165, 1.54) is 14.2 Å². The number of carbonyl (C=O) groups excluding carboxylic acids is 4. The topological polar surface area (TPSA) is 193 Å². The molecule has 0 spiro atoms. The molecule has 2 fully saturated rings. The van der Waals surface area contributed by atoms with E-state index in [9.17, 15) is 19.2 Å². The van der Waals surface area contributed by atoms with E-state index in [2.05, 4.69) is 32.7 Å². The molecule has 16 heteroatoms. The summed E-state index contributed by atoms with van der Waals surface area (Å²) in [7, 11) is 4.22. The molecule has 0 radical (unpaired) electrons. The van der Waals surface area contributed by atoms with Gasteiger partial charge in [0.1, 0.15) is 36.1 Å². The summed E-state index contributed by atoms with van der Waals surface area (Å²) in [6.45, 7) is 9.45. The molecule has 4 N–H and O–H groups in total. The molecule has 4 aromatic rings. The fraction of sp³-hybridized carbons (Fsp3) is 0.488. The van der Waals surface area contributed by atoms with E-state index >= 15 is 0 Å². The van der Waals surface area contributed by atoms with Crippen LogP contribution in [0.15, 0.2) is 48.7 Å². The maximum Gasteiger partial charge on any atom is 0.407 e. The highest BCUT2D eigenvalue weighted by Crippen LogP contribution is 2.42. The van der Waals surface area contributed by atoms with Crippen LogP contribution >= 0.6 is 0 Å². The first-order chi connectivity index (χ1) is 28.4. The predicted molar refractivity (Wildman–Crippen MR) is 218 cm³/mol. The highest BCUT2D eigenvalue weighted by atomic mass is 16.5. The summed E-state index contributed by atoms with van der Waals surface area (Å²) in [5.41, 5.74) is 6.27. The second-order valence-electron chi connectivity index (χ2n) is 16.2. The monoisotopic (exact) mass is 810 g/mol. The van der Waals surface area contributed by atoms with Crippen LogP contribution in [0.2, 0.25) is 0 Å². The highest BCUT2D eigenvalue weighted by Gasteiger charge is 2.42. The number of nitrogens with zero attached hydrogens (tertiary/aromatic N) is 4. The number of aromatic nitrogens is 4. The summed E-state index contributed by atoms with van der Waals surface area (Å²) >= 11 is 0. The lowest BCUT2D eigenvalue weighted by Crippen LogP contribution is -2.51. The quantitative estimate of drug-likeness (QED) is 0.132. The lowest BCUT2D eigenvalue weighted by molar-refractivity contribution is -0.136. The summed E-state index contributed by atoms with van der Waals surface area (Å²) in [4.78, 5) is 71.9. The van der Waals surface area contributed by atoms with Crippen LogP contribution in [0.1, 0.15) is 76.4 Å². The zero-order valence-corrected chi connectivity index (χ0v) is 34.7. The van der Waals surface area contributed by atoms with Crippen molar-refractivity contribution >= 4 is 24.0 Å².